The van der Waals surface area contributed by atoms with Crippen LogP contribution in [-0.4, -0.2) is 18.4 Å². The van der Waals surface area contributed by atoms with E-state index in [9.17, 15) is 9.59 Å². The molecule has 4 nitrogen and oxygen atoms in total. The minimum absolute atomic E-state index is 0.000403. The predicted molar refractivity (Wildman–Crippen MR) is 115 cm³/mol. The van der Waals surface area contributed by atoms with E-state index in [2.05, 4.69) is 23.5 Å². The highest BCUT2D eigenvalue weighted by molar-refractivity contribution is 6.00. The Morgan fingerprint density at radius 3 is 2.55 bits per heavy atom. The first-order chi connectivity index (χ1) is 14.1. The van der Waals surface area contributed by atoms with E-state index < -0.39 is 0 Å². The fraction of sp³-hybridized carbons (Fsp3) is 0.200. The number of carbonyl (C=O) groups excluding carboxylic acids is 2. The van der Waals surface area contributed by atoms with Crippen LogP contribution in [0.2, 0.25) is 0 Å². The van der Waals surface area contributed by atoms with Gasteiger partial charge in [-0.2, -0.15) is 0 Å². The van der Waals surface area contributed by atoms with Crippen LogP contribution in [0.3, 0.4) is 0 Å². The molecule has 0 unspecified atom stereocenters. The zero-order chi connectivity index (χ0) is 20.2. The standard InChI is InChI=1S/C25H24N2O2/c1-18-8-7-12-22(14-18)27-17-21(15-24(27)28)25(29)26-16-20-11-5-6-13-23(20)19-9-3-2-4-10-19/h2-14,21H,15-17H2,1H3,(H,26,29)/t21-/m0/s1. The highest BCUT2D eigenvalue weighted by Crippen LogP contribution is 2.27. The van der Waals surface area contributed by atoms with Crippen LogP contribution in [0.1, 0.15) is 17.5 Å². The first kappa shape index (κ1) is 18.9. The molecule has 0 aliphatic carbocycles. The van der Waals surface area contributed by atoms with E-state index in [0.29, 0.717) is 13.1 Å². The van der Waals surface area contributed by atoms with Crippen molar-refractivity contribution in [3.05, 3.63) is 90.0 Å². The van der Waals surface area contributed by atoms with Gasteiger partial charge in [-0.05, 0) is 41.3 Å². The van der Waals surface area contributed by atoms with Crippen LogP contribution >= 0.6 is 0 Å². The number of hydrogen-bond donors (Lipinski definition) is 1. The smallest absolute Gasteiger partial charge is 0.227 e. The Hall–Kier alpha value is -3.40. The van der Waals surface area contributed by atoms with E-state index in [1.165, 1.54) is 0 Å². The summed E-state index contributed by atoms with van der Waals surface area (Å²) >= 11 is 0. The summed E-state index contributed by atoms with van der Waals surface area (Å²) in [4.78, 5) is 26.9. The largest absolute Gasteiger partial charge is 0.352 e. The van der Waals surface area contributed by atoms with Gasteiger partial charge in [-0.3, -0.25) is 9.59 Å². The van der Waals surface area contributed by atoms with Gasteiger partial charge in [0.2, 0.25) is 11.8 Å². The van der Waals surface area contributed by atoms with E-state index in [4.69, 9.17) is 0 Å². The fourth-order valence-electron chi connectivity index (χ4n) is 3.83. The van der Waals surface area contributed by atoms with Crippen molar-refractivity contribution >= 4 is 17.5 Å². The van der Waals surface area contributed by atoms with Gasteiger partial charge in [0, 0.05) is 25.2 Å². The van der Waals surface area contributed by atoms with Crippen molar-refractivity contribution in [2.24, 2.45) is 5.92 Å². The van der Waals surface area contributed by atoms with Gasteiger partial charge >= 0.3 is 0 Å². The van der Waals surface area contributed by atoms with Gasteiger partial charge < -0.3 is 10.2 Å². The van der Waals surface area contributed by atoms with Crippen molar-refractivity contribution in [1.82, 2.24) is 5.32 Å². The molecule has 1 aliphatic heterocycles. The number of aryl methyl sites for hydroxylation is 1. The summed E-state index contributed by atoms with van der Waals surface area (Å²) in [6.07, 6.45) is 0.250. The lowest BCUT2D eigenvalue weighted by molar-refractivity contribution is -0.126. The van der Waals surface area contributed by atoms with Crippen molar-refractivity contribution in [2.45, 2.75) is 19.9 Å². The average molecular weight is 384 g/mol. The van der Waals surface area contributed by atoms with Crippen LogP contribution < -0.4 is 10.2 Å². The summed E-state index contributed by atoms with van der Waals surface area (Å²) in [5.41, 5.74) is 5.25. The molecule has 1 saturated heterocycles. The molecule has 1 atom stereocenters. The Bertz CT molecular complexity index is 1030. The molecule has 4 rings (SSSR count). The molecular formula is C25H24N2O2. The topological polar surface area (TPSA) is 49.4 Å². The zero-order valence-electron chi connectivity index (χ0n) is 16.5. The van der Waals surface area contributed by atoms with Crippen molar-refractivity contribution in [1.29, 1.82) is 0 Å². The highest BCUT2D eigenvalue weighted by Gasteiger charge is 2.35. The van der Waals surface area contributed by atoms with Gasteiger partial charge in [-0.25, -0.2) is 0 Å². The van der Waals surface area contributed by atoms with Crippen LogP contribution in [0, 0.1) is 12.8 Å². The summed E-state index contributed by atoms with van der Waals surface area (Å²) in [7, 11) is 0. The Balaban J connectivity index is 1.43. The molecule has 3 aromatic carbocycles. The first-order valence-electron chi connectivity index (χ1n) is 9.90. The molecule has 1 aliphatic rings. The molecule has 1 heterocycles. The monoisotopic (exact) mass is 384 g/mol. The number of benzene rings is 3. The lowest BCUT2D eigenvalue weighted by atomic mass is 9.99. The lowest BCUT2D eigenvalue weighted by Gasteiger charge is -2.17. The number of rotatable bonds is 5. The molecule has 0 bridgehead atoms. The number of carbonyl (C=O) groups is 2. The van der Waals surface area contributed by atoms with Gasteiger partial charge in [0.05, 0.1) is 5.92 Å². The number of nitrogens with one attached hydrogen (secondary N) is 1. The Labute approximate surface area is 171 Å². The summed E-state index contributed by atoms with van der Waals surface area (Å²) in [6, 6.07) is 26.0. The van der Waals surface area contributed by atoms with Gasteiger partial charge in [0.25, 0.3) is 0 Å². The Morgan fingerprint density at radius 2 is 1.76 bits per heavy atom. The van der Waals surface area contributed by atoms with Crippen LogP contribution in [0.5, 0.6) is 0 Å². The third kappa shape index (κ3) is 4.21. The molecule has 4 heteroatoms. The second kappa shape index (κ2) is 8.31. The Kier molecular flexibility index (Phi) is 5.43. The molecule has 1 fully saturated rings. The fourth-order valence-corrected chi connectivity index (χ4v) is 3.83. The predicted octanol–water partition coefficient (Wildman–Crippen LogP) is 4.33. The summed E-state index contributed by atoms with van der Waals surface area (Å²) < 4.78 is 0. The van der Waals surface area contributed by atoms with Crippen LogP contribution in [0.25, 0.3) is 11.1 Å². The third-order valence-corrected chi connectivity index (χ3v) is 5.36. The molecule has 0 radical (unpaired) electrons. The maximum Gasteiger partial charge on any atom is 0.227 e. The summed E-state index contributed by atoms with van der Waals surface area (Å²) in [6.45, 7) is 2.87. The van der Waals surface area contributed by atoms with E-state index in [-0.39, 0.29) is 24.2 Å². The number of amides is 2. The number of nitrogens with zero attached hydrogens (tertiary/aromatic N) is 1. The molecule has 3 aromatic rings. The second-order valence-electron chi connectivity index (χ2n) is 7.49. The lowest BCUT2D eigenvalue weighted by Crippen LogP contribution is -2.32. The van der Waals surface area contributed by atoms with Crippen LogP contribution in [-0.2, 0) is 16.1 Å². The van der Waals surface area contributed by atoms with Crippen LogP contribution in [0.15, 0.2) is 78.9 Å². The van der Waals surface area contributed by atoms with Gasteiger partial charge in [-0.1, -0.05) is 66.7 Å². The normalized spacial score (nSPS) is 16.1. The minimum atomic E-state index is -0.327. The Morgan fingerprint density at radius 1 is 1.00 bits per heavy atom. The van der Waals surface area contributed by atoms with E-state index in [1.54, 1.807) is 4.90 Å². The van der Waals surface area contributed by atoms with Crippen molar-refractivity contribution in [2.75, 3.05) is 11.4 Å². The number of anilines is 1. The second-order valence-corrected chi connectivity index (χ2v) is 7.49. The van der Waals surface area contributed by atoms with Crippen molar-refractivity contribution < 1.29 is 9.59 Å². The molecule has 1 N–H and O–H groups in total. The molecule has 0 saturated carbocycles. The van der Waals surface area contributed by atoms with Gasteiger partial charge in [0.1, 0.15) is 0 Å². The van der Waals surface area contributed by atoms with E-state index >= 15 is 0 Å². The highest BCUT2D eigenvalue weighted by atomic mass is 16.2. The summed E-state index contributed by atoms with van der Waals surface area (Å²) in [5, 5.41) is 3.04. The maximum atomic E-state index is 12.8. The quantitative estimate of drug-likeness (QED) is 0.712. The van der Waals surface area contributed by atoms with Gasteiger partial charge in [-0.15, -0.1) is 0 Å². The van der Waals surface area contributed by atoms with E-state index in [1.807, 2.05) is 67.6 Å². The zero-order valence-corrected chi connectivity index (χ0v) is 16.5. The molecule has 0 aromatic heterocycles. The molecule has 0 spiro atoms. The molecule has 29 heavy (non-hydrogen) atoms. The summed E-state index contributed by atoms with van der Waals surface area (Å²) in [5.74, 6) is -0.399. The first-order valence-corrected chi connectivity index (χ1v) is 9.90. The van der Waals surface area contributed by atoms with E-state index in [0.717, 1.165) is 27.9 Å². The molecule has 2 amide bonds. The molecular weight excluding hydrogens is 360 g/mol. The van der Waals surface area contributed by atoms with Crippen molar-refractivity contribution in [3.8, 4) is 11.1 Å². The average Bonchev–Trinajstić information content (AvgIpc) is 3.15. The van der Waals surface area contributed by atoms with Gasteiger partial charge in [0.15, 0.2) is 0 Å². The maximum absolute atomic E-state index is 12.8. The third-order valence-electron chi connectivity index (χ3n) is 5.36. The van der Waals surface area contributed by atoms with Crippen LogP contribution in [0.4, 0.5) is 5.69 Å². The molecule has 146 valence electrons. The SMILES string of the molecule is Cc1cccc(N2C[C@@H](C(=O)NCc3ccccc3-c3ccccc3)CC2=O)c1. The minimum Gasteiger partial charge on any atom is -0.352 e. The van der Waals surface area contributed by atoms with Crippen molar-refractivity contribution in [3.63, 3.8) is 0 Å². The number of hydrogen-bond acceptors (Lipinski definition) is 2.